The van der Waals surface area contributed by atoms with Crippen LogP contribution < -0.4 is 0 Å². The van der Waals surface area contributed by atoms with Crippen LogP contribution in [0.5, 0.6) is 5.75 Å². The van der Waals surface area contributed by atoms with Gasteiger partial charge in [0.2, 0.25) is 4.77 Å². The number of nitrogens with one attached hydrogen (secondary N) is 1. The predicted octanol–water partition coefficient (Wildman–Crippen LogP) is 3.10. The molecule has 1 heterocycles. The highest BCUT2D eigenvalue weighted by atomic mass is 32.1. The maximum atomic E-state index is 10.8. The first-order valence-corrected chi connectivity index (χ1v) is 7.21. The fourth-order valence-corrected chi connectivity index (χ4v) is 2.22. The van der Waals surface area contributed by atoms with Crippen molar-refractivity contribution >= 4 is 24.1 Å². The van der Waals surface area contributed by atoms with Crippen LogP contribution in [-0.4, -0.2) is 31.1 Å². The molecule has 3 aromatic rings. The van der Waals surface area contributed by atoms with E-state index in [1.807, 2.05) is 0 Å². The predicted molar refractivity (Wildman–Crippen MR) is 90.6 cm³/mol. The summed E-state index contributed by atoms with van der Waals surface area (Å²) in [4.78, 5) is 10.3. The third kappa shape index (κ3) is 3.20. The third-order valence-corrected chi connectivity index (χ3v) is 3.44. The summed E-state index contributed by atoms with van der Waals surface area (Å²) in [5.41, 5.74) is 1.24. The zero-order valence-corrected chi connectivity index (χ0v) is 13.0. The first kappa shape index (κ1) is 15.6. The normalized spacial score (nSPS) is 11.0. The molecule has 0 unspecified atom stereocenters. The van der Waals surface area contributed by atoms with Gasteiger partial charge in [-0.2, -0.15) is 14.9 Å². The van der Waals surface area contributed by atoms with E-state index in [2.05, 4.69) is 15.3 Å². The minimum atomic E-state index is -0.470. The molecule has 0 aliphatic rings. The Morgan fingerprint density at radius 2 is 2.04 bits per heavy atom. The summed E-state index contributed by atoms with van der Waals surface area (Å²) in [6.07, 6.45) is 1.46. The van der Waals surface area contributed by atoms with Crippen LogP contribution in [0.1, 0.15) is 5.56 Å². The van der Waals surface area contributed by atoms with Crippen LogP contribution in [0.4, 0.5) is 5.69 Å². The highest BCUT2D eigenvalue weighted by Gasteiger charge is 2.08. The topological polar surface area (TPSA) is 109 Å². The summed E-state index contributed by atoms with van der Waals surface area (Å²) < 4.78 is 1.68. The van der Waals surface area contributed by atoms with Crippen molar-refractivity contribution in [3.05, 3.63) is 69.0 Å². The summed E-state index contributed by atoms with van der Waals surface area (Å²) in [5.74, 6) is 0.598. The number of aromatic hydroxyl groups is 1. The van der Waals surface area contributed by atoms with Gasteiger partial charge in [-0.15, -0.1) is 0 Å². The number of aromatic nitrogens is 3. The standard InChI is InChI=1S/C15H11N5O3S/c21-13-6-4-11(5-7-13)14-17-18-15(24)19(14)16-9-10-2-1-3-12(8-10)20(22)23/h1-9,21H,(H,18,24)/b16-9+. The molecule has 0 amide bonds. The maximum Gasteiger partial charge on any atom is 0.270 e. The number of hydrogen-bond acceptors (Lipinski definition) is 6. The molecule has 0 radical (unpaired) electrons. The number of hydrogen-bond donors (Lipinski definition) is 2. The molecule has 120 valence electrons. The quantitative estimate of drug-likeness (QED) is 0.328. The van der Waals surface area contributed by atoms with Gasteiger partial charge in [0.15, 0.2) is 5.82 Å². The Hall–Kier alpha value is -3.33. The van der Waals surface area contributed by atoms with Crippen molar-refractivity contribution in [1.82, 2.24) is 14.9 Å². The number of phenols is 1. The number of non-ortho nitro benzene ring substituents is 1. The number of phenolic OH excluding ortho intramolecular Hbond substituents is 1. The van der Waals surface area contributed by atoms with E-state index in [-0.39, 0.29) is 16.2 Å². The Bertz CT molecular complexity index is 975. The molecule has 3 rings (SSSR count). The second-order valence-corrected chi connectivity index (χ2v) is 5.19. The lowest BCUT2D eigenvalue weighted by atomic mass is 10.2. The fraction of sp³-hybridized carbons (Fsp3) is 0. The SMILES string of the molecule is O=[N+]([O-])c1cccc(/C=N/n2c(-c3ccc(O)cc3)n[nH]c2=S)c1. The molecule has 24 heavy (non-hydrogen) atoms. The first-order chi connectivity index (χ1) is 11.5. The minimum Gasteiger partial charge on any atom is -0.508 e. The van der Waals surface area contributed by atoms with Gasteiger partial charge in [-0.1, -0.05) is 12.1 Å². The van der Waals surface area contributed by atoms with Crippen LogP contribution in [0.3, 0.4) is 0 Å². The van der Waals surface area contributed by atoms with E-state index in [9.17, 15) is 15.2 Å². The minimum absolute atomic E-state index is 0.0199. The molecular weight excluding hydrogens is 330 g/mol. The van der Waals surface area contributed by atoms with Crippen LogP contribution >= 0.6 is 12.2 Å². The Morgan fingerprint density at radius 3 is 2.75 bits per heavy atom. The molecule has 0 aliphatic carbocycles. The van der Waals surface area contributed by atoms with Gasteiger partial charge in [0.25, 0.3) is 5.69 Å². The fourth-order valence-electron chi connectivity index (χ4n) is 2.04. The highest BCUT2D eigenvalue weighted by molar-refractivity contribution is 7.71. The lowest BCUT2D eigenvalue weighted by molar-refractivity contribution is -0.384. The lowest BCUT2D eigenvalue weighted by Crippen LogP contribution is -1.95. The first-order valence-electron chi connectivity index (χ1n) is 6.80. The van der Waals surface area contributed by atoms with Gasteiger partial charge >= 0.3 is 0 Å². The molecule has 1 aromatic heterocycles. The van der Waals surface area contributed by atoms with E-state index in [4.69, 9.17) is 12.2 Å². The van der Waals surface area contributed by atoms with Gasteiger partial charge in [-0.05, 0) is 36.5 Å². The lowest BCUT2D eigenvalue weighted by Gasteiger charge is -2.01. The highest BCUT2D eigenvalue weighted by Crippen LogP contribution is 2.20. The molecule has 0 saturated heterocycles. The number of nitrogens with zero attached hydrogens (tertiary/aromatic N) is 4. The van der Waals surface area contributed by atoms with Crippen molar-refractivity contribution in [2.45, 2.75) is 0 Å². The van der Waals surface area contributed by atoms with Crippen LogP contribution in [0.25, 0.3) is 11.4 Å². The van der Waals surface area contributed by atoms with E-state index in [1.54, 1.807) is 24.3 Å². The van der Waals surface area contributed by atoms with Crippen molar-refractivity contribution in [2.24, 2.45) is 5.10 Å². The number of aromatic amines is 1. The Labute approximate surface area is 140 Å². The van der Waals surface area contributed by atoms with Crippen molar-refractivity contribution < 1.29 is 10.0 Å². The molecule has 0 bridgehead atoms. The second kappa shape index (κ2) is 6.42. The van der Waals surface area contributed by atoms with E-state index >= 15 is 0 Å². The van der Waals surface area contributed by atoms with Gasteiger partial charge in [0, 0.05) is 23.3 Å². The molecule has 2 N–H and O–H groups in total. The van der Waals surface area contributed by atoms with Gasteiger partial charge in [-0.3, -0.25) is 10.1 Å². The summed E-state index contributed by atoms with van der Waals surface area (Å²) in [7, 11) is 0. The number of nitro benzene ring substituents is 1. The summed E-state index contributed by atoms with van der Waals surface area (Å²) in [5, 5.41) is 31.2. The average Bonchev–Trinajstić information content (AvgIpc) is 2.95. The number of benzene rings is 2. The molecule has 8 nitrogen and oxygen atoms in total. The van der Waals surface area contributed by atoms with E-state index in [0.717, 1.165) is 0 Å². The van der Waals surface area contributed by atoms with Gasteiger partial charge < -0.3 is 5.11 Å². The molecule has 0 spiro atoms. The molecule has 0 atom stereocenters. The van der Waals surface area contributed by atoms with Crippen molar-refractivity contribution in [3.63, 3.8) is 0 Å². The van der Waals surface area contributed by atoms with Gasteiger partial charge in [0.05, 0.1) is 11.1 Å². The van der Waals surface area contributed by atoms with Gasteiger partial charge in [0.1, 0.15) is 5.75 Å². The Morgan fingerprint density at radius 1 is 1.29 bits per heavy atom. The molecule has 0 saturated carbocycles. The molecule has 2 aromatic carbocycles. The molecule has 0 aliphatic heterocycles. The van der Waals surface area contributed by atoms with Gasteiger partial charge in [-0.25, -0.2) is 5.10 Å². The second-order valence-electron chi connectivity index (χ2n) is 4.81. The zero-order valence-electron chi connectivity index (χ0n) is 12.2. The number of H-pyrrole nitrogens is 1. The van der Waals surface area contributed by atoms with Crippen molar-refractivity contribution in [2.75, 3.05) is 0 Å². The summed E-state index contributed by atoms with van der Waals surface area (Å²) in [6.45, 7) is 0. The van der Waals surface area contributed by atoms with Crippen LogP contribution in [-0.2, 0) is 0 Å². The smallest absolute Gasteiger partial charge is 0.270 e. The third-order valence-electron chi connectivity index (χ3n) is 3.18. The van der Waals surface area contributed by atoms with E-state index in [0.29, 0.717) is 17.0 Å². The monoisotopic (exact) mass is 341 g/mol. The average molecular weight is 341 g/mol. The zero-order chi connectivity index (χ0) is 17.1. The van der Waals surface area contributed by atoms with Crippen molar-refractivity contribution in [3.8, 4) is 17.1 Å². The van der Waals surface area contributed by atoms with E-state index < -0.39 is 4.92 Å². The molecule has 0 fully saturated rings. The van der Waals surface area contributed by atoms with Crippen LogP contribution in [0.15, 0.2) is 53.6 Å². The number of nitro groups is 1. The Balaban J connectivity index is 1.97. The van der Waals surface area contributed by atoms with Crippen molar-refractivity contribution in [1.29, 1.82) is 0 Å². The largest absolute Gasteiger partial charge is 0.508 e. The van der Waals surface area contributed by atoms with E-state index in [1.165, 1.54) is 35.2 Å². The summed E-state index contributed by atoms with van der Waals surface area (Å²) in [6, 6.07) is 12.5. The summed E-state index contributed by atoms with van der Waals surface area (Å²) >= 11 is 5.15. The molecular formula is C15H11N5O3S. The van der Waals surface area contributed by atoms with Crippen LogP contribution in [0, 0.1) is 14.9 Å². The van der Waals surface area contributed by atoms with Crippen LogP contribution in [0.2, 0.25) is 0 Å². The molecule has 9 heteroatoms. The Kier molecular flexibility index (Phi) is 4.17. The number of rotatable bonds is 4. The maximum absolute atomic E-state index is 10.8.